The molecule has 1 fully saturated rings. The van der Waals surface area contributed by atoms with Crippen molar-refractivity contribution in [3.63, 3.8) is 0 Å². The molecule has 3 N–H and O–H groups in total. The molecule has 1 aliphatic carbocycles. The molecule has 0 atom stereocenters. The largest absolute Gasteiger partial charge is 0.363 e. The lowest BCUT2D eigenvalue weighted by molar-refractivity contribution is 0.243. The smallest absolute Gasteiger partial charge is 0.319 e. The van der Waals surface area contributed by atoms with Crippen LogP contribution in [0.4, 0.5) is 22.2 Å². The Morgan fingerprint density at radius 3 is 2.31 bits per heavy atom. The normalized spacial score (nSPS) is 18.8. The molecule has 2 aromatic rings. The third kappa shape index (κ3) is 6.01. The molecule has 3 rings (SSSR count). The summed E-state index contributed by atoms with van der Waals surface area (Å²) in [4.78, 5) is 23.0. The summed E-state index contributed by atoms with van der Waals surface area (Å²) in [5.74, 6) is 1.48. The lowest BCUT2D eigenvalue weighted by atomic mass is 9.91. The van der Waals surface area contributed by atoms with Gasteiger partial charge in [0.05, 0.1) is 15.7 Å². The van der Waals surface area contributed by atoms with Gasteiger partial charge in [0, 0.05) is 37.4 Å². The summed E-state index contributed by atoms with van der Waals surface area (Å²) in [6, 6.07) is 4.95. The van der Waals surface area contributed by atoms with Gasteiger partial charge < -0.3 is 20.9 Å². The van der Waals surface area contributed by atoms with Gasteiger partial charge in [-0.3, -0.25) is 0 Å². The topological polar surface area (TPSA) is 82.2 Å². The molecule has 0 aliphatic heterocycles. The molecule has 2 amide bonds. The zero-order valence-corrected chi connectivity index (χ0v) is 18.4. The van der Waals surface area contributed by atoms with Gasteiger partial charge in [0.2, 0.25) is 5.95 Å². The number of benzene rings is 1. The van der Waals surface area contributed by atoms with E-state index in [2.05, 4.69) is 25.9 Å². The van der Waals surface area contributed by atoms with Crippen molar-refractivity contribution >= 4 is 58.3 Å². The van der Waals surface area contributed by atoms with Crippen LogP contribution in [0.5, 0.6) is 0 Å². The maximum atomic E-state index is 12.3. The molecule has 1 saturated carbocycles. The SMILES string of the molecule is CN(C)c1ccnc(NC2CCC(NC(=O)Nc3c(Cl)cc(Cl)cc3Cl)CC2)n1. The van der Waals surface area contributed by atoms with Crippen LogP contribution in [0.1, 0.15) is 25.7 Å². The second kappa shape index (κ2) is 9.69. The fourth-order valence-electron chi connectivity index (χ4n) is 3.23. The van der Waals surface area contributed by atoms with E-state index in [0.717, 1.165) is 31.5 Å². The molecule has 0 spiro atoms. The number of hydrogen-bond acceptors (Lipinski definition) is 5. The van der Waals surface area contributed by atoms with Gasteiger partial charge in [-0.2, -0.15) is 4.98 Å². The summed E-state index contributed by atoms with van der Waals surface area (Å²) in [5.41, 5.74) is 0.350. The molecule has 0 radical (unpaired) electrons. The Morgan fingerprint density at radius 2 is 1.69 bits per heavy atom. The first-order chi connectivity index (χ1) is 13.8. The van der Waals surface area contributed by atoms with Crippen molar-refractivity contribution in [1.29, 1.82) is 0 Å². The number of amides is 2. The molecule has 1 aliphatic rings. The number of nitrogens with zero attached hydrogens (tertiary/aromatic N) is 3. The number of carbonyl (C=O) groups is 1. The Morgan fingerprint density at radius 1 is 1.07 bits per heavy atom. The Balaban J connectivity index is 1.48. The van der Waals surface area contributed by atoms with Gasteiger partial charge in [-0.1, -0.05) is 34.8 Å². The number of nitrogens with one attached hydrogen (secondary N) is 3. The van der Waals surface area contributed by atoms with Crippen molar-refractivity contribution in [1.82, 2.24) is 15.3 Å². The minimum atomic E-state index is -0.338. The summed E-state index contributed by atoms with van der Waals surface area (Å²) in [7, 11) is 3.89. The Kier molecular flexibility index (Phi) is 7.27. The van der Waals surface area contributed by atoms with Crippen LogP contribution in [0, 0.1) is 0 Å². The van der Waals surface area contributed by atoms with Crippen LogP contribution in [0.15, 0.2) is 24.4 Å². The first-order valence-corrected chi connectivity index (χ1v) is 10.4. The maximum absolute atomic E-state index is 12.3. The van der Waals surface area contributed by atoms with Gasteiger partial charge in [0.25, 0.3) is 0 Å². The standard InChI is InChI=1S/C19H23Cl3N6O/c1-28(2)16-7-8-23-18(26-16)24-12-3-5-13(6-4-12)25-19(29)27-17-14(21)9-11(20)10-15(17)22/h7-10,12-13H,3-6H2,1-2H3,(H,23,24,26)(H2,25,27,29). The van der Waals surface area contributed by atoms with E-state index in [1.165, 1.54) is 12.1 Å². The summed E-state index contributed by atoms with van der Waals surface area (Å²) in [5, 5.41) is 10.1. The van der Waals surface area contributed by atoms with Crippen LogP contribution in [0.25, 0.3) is 0 Å². The summed E-state index contributed by atoms with van der Waals surface area (Å²) < 4.78 is 0. The number of rotatable bonds is 5. The quantitative estimate of drug-likeness (QED) is 0.585. The van der Waals surface area contributed by atoms with Gasteiger partial charge in [-0.05, 0) is 43.9 Å². The molecule has 1 aromatic heterocycles. The summed E-state index contributed by atoms with van der Waals surface area (Å²) in [6.45, 7) is 0. The van der Waals surface area contributed by atoms with Crippen LogP contribution < -0.4 is 20.9 Å². The molecule has 0 saturated heterocycles. The van der Waals surface area contributed by atoms with Gasteiger partial charge in [-0.15, -0.1) is 0 Å². The fourth-order valence-corrected chi connectivity index (χ4v) is 4.14. The zero-order valence-electron chi connectivity index (χ0n) is 16.2. The predicted molar refractivity (Wildman–Crippen MR) is 120 cm³/mol. The van der Waals surface area contributed by atoms with Gasteiger partial charge in [0.1, 0.15) is 5.82 Å². The van der Waals surface area contributed by atoms with Gasteiger partial charge >= 0.3 is 6.03 Å². The second-order valence-electron chi connectivity index (χ2n) is 7.17. The number of anilines is 3. The molecule has 29 heavy (non-hydrogen) atoms. The molecule has 1 aromatic carbocycles. The number of hydrogen-bond donors (Lipinski definition) is 3. The Bertz CT molecular complexity index is 848. The molecule has 0 bridgehead atoms. The molecule has 156 valence electrons. The monoisotopic (exact) mass is 456 g/mol. The van der Waals surface area contributed by atoms with Gasteiger partial charge in [0.15, 0.2) is 0 Å². The van der Waals surface area contributed by atoms with E-state index in [1.54, 1.807) is 6.20 Å². The number of carbonyl (C=O) groups excluding carboxylic acids is 1. The highest BCUT2D eigenvalue weighted by molar-refractivity contribution is 6.42. The summed E-state index contributed by atoms with van der Waals surface area (Å²) in [6.07, 6.45) is 5.25. The van der Waals surface area contributed by atoms with Crippen LogP contribution in [0.3, 0.4) is 0 Å². The maximum Gasteiger partial charge on any atom is 0.319 e. The number of aromatic nitrogens is 2. The third-order valence-corrected chi connectivity index (χ3v) is 5.55. The molecule has 10 heteroatoms. The molecule has 0 unspecified atom stereocenters. The van der Waals surface area contributed by atoms with Crippen molar-refractivity contribution in [2.45, 2.75) is 37.8 Å². The minimum Gasteiger partial charge on any atom is -0.363 e. The number of urea groups is 1. The first kappa shape index (κ1) is 21.7. The van der Waals surface area contributed by atoms with E-state index in [0.29, 0.717) is 26.7 Å². The first-order valence-electron chi connectivity index (χ1n) is 9.31. The zero-order chi connectivity index (χ0) is 21.0. The average molecular weight is 458 g/mol. The van der Waals surface area contributed by atoms with Crippen LogP contribution in [-0.2, 0) is 0 Å². The van der Waals surface area contributed by atoms with Crippen LogP contribution >= 0.6 is 34.8 Å². The highest BCUT2D eigenvalue weighted by Gasteiger charge is 2.23. The molecular formula is C19H23Cl3N6O. The summed E-state index contributed by atoms with van der Waals surface area (Å²) >= 11 is 18.1. The lowest BCUT2D eigenvalue weighted by Crippen LogP contribution is -2.42. The Labute approximate surface area is 185 Å². The lowest BCUT2D eigenvalue weighted by Gasteiger charge is -2.30. The Hall–Kier alpha value is -1.96. The molecule has 7 nitrogen and oxygen atoms in total. The number of halogens is 3. The van der Waals surface area contributed by atoms with Crippen molar-refractivity contribution in [3.05, 3.63) is 39.5 Å². The fraction of sp³-hybridized carbons (Fsp3) is 0.421. The highest BCUT2D eigenvalue weighted by atomic mass is 35.5. The van der Waals surface area contributed by atoms with Gasteiger partial charge in [-0.25, -0.2) is 9.78 Å². The van der Waals surface area contributed by atoms with Crippen molar-refractivity contribution in [2.75, 3.05) is 29.6 Å². The van der Waals surface area contributed by atoms with Crippen LogP contribution in [0.2, 0.25) is 15.1 Å². The van der Waals surface area contributed by atoms with Crippen molar-refractivity contribution in [3.8, 4) is 0 Å². The van der Waals surface area contributed by atoms with Crippen molar-refractivity contribution < 1.29 is 4.79 Å². The van der Waals surface area contributed by atoms with Crippen LogP contribution in [-0.4, -0.2) is 42.2 Å². The van der Waals surface area contributed by atoms with Crippen molar-refractivity contribution in [2.24, 2.45) is 0 Å². The van der Waals surface area contributed by atoms with E-state index < -0.39 is 0 Å². The molecular weight excluding hydrogens is 435 g/mol. The van der Waals surface area contributed by atoms with E-state index in [9.17, 15) is 4.79 Å². The van der Waals surface area contributed by atoms with E-state index in [1.807, 2.05) is 25.1 Å². The van der Waals surface area contributed by atoms with E-state index in [-0.39, 0.29) is 18.1 Å². The minimum absolute atomic E-state index is 0.0759. The second-order valence-corrected chi connectivity index (χ2v) is 8.42. The van der Waals surface area contributed by atoms with E-state index in [4.69, 9.17) is 34.8 Å². The molecule has 1 heterocycles. The third-order valence-electron chi connectivity index (χ3n) is 4.74. The highest BCUT2D eigenvalue weighted by Crippen LogP contribution is 2.33. The predicted octanol–water partition coefficient (Wildman–Crippen LogP) is 5.05. The van der Waals surface area contributed by atoms with E-state index >= 15 is 0 Å². The average Bonchev–Trinajstić information content (AvgIpc) is 2.66.